The van der Waals surface area contributed by atoms with E-state index < -0.39 is 35.1 Å². The maximum Gasteiger partial charge on any atom is 0.253 e. The molecule has 3 aliphatic heterocycles. The molecule has 0 aromatic heterocycles. The number of carbonyl (C=O) groups is 3. The van der Waals surface area contributed by atoms with Gasteiger partial charge in [-0.15, -0.1) is 13.2 Å². The molecule has 3 fully saturated rings. The molecule has 0 radical (unpaired) electrons. The second-order valence-corrected chi connectivity index (χ2v) is 13.6. The lowest BCUT2D eigenvalue weighted by Crippen LogP contribution is -2.60. The molecule has 2 bridgehead atoms. The van der Waals surface area contributed by atoms with E-state index in [4.69, 9.17) is 4.74 Å². The van der Waals surface area contributed by atoms with Crippen LogP contribution in [0.25, 0.3) is 10.8 Å². The number of hydrogen-bond acceptors (Lipinski definition) is 5. The van der Waals surface area contributed by atoms with Gasteiger partial charge in [-0.25, -0.2) is 0 Å². The Bertz CT molecular complexity index is 1710. The van der Waals surface area contributed by atoms with Crippen LogP contribution in [0, 0.1) is 17.8 Å². The van der Waals surface area contributed by atoms with E-state index >= 15 is 9.59 Å². The average molecular weight is 650 g/mol. The van der Waals surface area contributed by atoms with Crippen LogP contribution in [0.15, 0.2) is 98.1 Å². The van der Waals surface area contributed by atoms with Crippen LogP contribution in [-0.2, 0) is 19.1 Å². The van der Waals surface area contributed by atoms with Crippen LogP contribution in [0.3, 0.4) is 0 Å². The van der Waals surface area contributed by atoms with E-state index in [2.05, 4.69) is 13.2 Å². The Kier molecular flexibility index (Phi) is 9.33. The first-order valence-electron chi connectivity index (χ1n) is 17.2. The molecule has 3 aliphatic rings. The molecule has 1 N–H and O–H groups in total. The summed E-state index contributed by atoms with van der Waals surface area (Å²) in [6.07, 6.45) is 5.58. The predicted octanol–water partition coefficient (Wildman–Crippen LogP) is 6.14. The Morgan fingerprint density at radius 3 is 2.21 bits per heavy atom. The second-order valence-electron chi connectivity index (χ2n) is 13.6. The van der Waals surface area contributed by atoms with Crippen molar-refractivity contribution in [1.82, 2.24) is 4.90 Å². The molecule has 8 heteroatoms. The number of aliphatic hydroxyl groups is 1. The first-order valence-corrected chi connectivity index (χ1v) is 17.2. The van der Waals surface area contributed by atoms with Crippen molar-refractivity contribution in [2.45, 2.75) is 69.7 Å². The quantitative estimate of drug-likeness (QED) is 0.225. The lowest BCUT2D eigenvalue weighted by Gasteiger charge is -2.41. The van der Waals surface area contributed by atoms with Gasteiger partial charge < -0.3 is 24.5 Å². The lowest BCUT2D eigenvalue weighted by atomic mass is 9.64. The highest BCUT2D eigenvalue weighted by Gasteiger charge is 2.79. The normalized spacial score (nSPS) is 27.0. The number of carbonyl (C=O) groups excluding carboxylic acids is 3. The molecule has 7 atom stereocenters. The number of anilines is 2. The van der Waals surface area contributed by atoms with E-state index in [-0.39, 0.29) is 43.3 Å². The Morgan fingerprint density at radius 1 is 0.938 bits per heavy atom. The van der Waals surface area contributed by atoms with Gasteiger partial charge in [-0.2, -0.15) is 0 Å². The first-order chi connectivity index (χ1) is 23.2. The van der Waals surface area contributed by atoms with Crippen molar-refractivity contribution >= 4 is 39.9 Å². The Morgan fingerprint density at radius 2 is 1.58 bits per heavy atom. The van der Waals surface area contributed by atoms with Gasteiger partial charge in [0.25, 0.3) is 5.91 Å². The molecule has 1 spiro atoms. The molecule has 3 aromatic carbocycles. The van der Waals surface area contributed by atoms with Crippen LogP contribution in [0.4, 0.5) is 11.4 Å². The summed E-state index contributed by atoms with van der Waals surface area (Å²) in [4.78, 5) is 50.1. The highest BCUT2D eigenvalue weighted by molar-refractivity contribution is 6.07. The van der Waals surface area contributed by atoms with E-state index in [1.165, 1.54) is 0 Å². The Labute approximate surface area is 283 Å². The number of amides is 3. The fourth-order valence-corrected chi connectivity index (χ4v) is 8.65. The van der Waals surface area contributed by atoms with Gasteiger partial charge >= 0.3 is 0 Å². The minimum atomic E-state index is -1.24. The van der Waals surface area contributed by atoms with E-state index in [0.29, 0.717) is 37.1 Å². The average Bonchev–Trinajstić information content (AvgIpc) is 3.73. The minimum Gasteiger partial charge on any atom is -0.394 e. The van der Waals surface area contributed by atoms with Gasteiger partial charge in [0.15, 0.2) is 0 Å². The SMILES string of the molecule is C=CCN(C(=O)C1N([C@@H](CO)[C@@H](C)CC)C(=O)[C@@H]2[C@@H](C(=O)N(CC=C)c3ccccc3)[C@@]3(CC)CCC12O3)c1ccc2ccccc2c1. The van der Waals surface area contributed by atoms with Crippen LogP contribution in [0.5, 0.6) is 0 Å². The smallest absolute Gasteiger partial charge is 0.253 e. The molecule has 48 heavy (non-hydrogen) atoms. The number of rotatable bonds is 13. The maximum absolute atomic E-state index is 15.2. The van der Waals surface area contributed by atoms with Gasteiger partial charge in [0.1, 0.15) is 11.6 Å². The van der Waals surface area contributed by atoms with E-state index in [1.807, 2.05) is 93.6 Å². The monoisotopic (exact) mass is 649 g/mol. The van der Waals surface area contributed by atoms with E-state index in [0.717, 1.165) is 10.8 Å². The third kappa shape index (κ3) is 5.17. The largest absolute Gasteiger partial charge is 0.394 e. The zero-order chi connectivity index (χ0) is 34.2. The minimum absolute atomic E-state index is 0.105. The van der Waals surface area contributed by atoms with Crippen molar-refractivity contribution in [3.8, 4) is 0 Å². The van der Waals surface area contributed by atoms with Gasteiger partial charge in [0, 0.05) is 24.5 Å². The third-order valence-corrected chi connectivity index (χ3v) is 11.2. The van der Waals surface area contributed by atoms with Crippen molar-refractivity contribution in [1.29, 1.82) is 0 Å². The zero-order valence-corrected chi connectivity index (χ0v) is 28.3. The fraction of sp³-hybridized carbons (Fsp3) is 0.425. The van der Waals surface area contributed by atoms with Crippen molar-refractivity contribution < 1.29 is 24.2 Å². The maximum atomic E-state index is 15.2. The molecule has 3 aromatic rings. The summed E-state index contributed by atoms with van der Waals surface area (Å²) in [5.74, 6) is -2.61. The second kappa shape index (κ2) is 13.3. The van der Waals surface area contributed by atoms with Crippen molar-refractivity contribution in [3.05, 3.63) is 98.1 Å². The molecule has 0 aliphatic carbocycles. The predicted molar refractivity (Wildman–Crippen MR) is 190 cm³/mol. The number of fused-ring (bicyclic) bond motifs is 2. The number of hydrogen-bond donors (Lipinski definition) is 1. The van der Waals surface area contributed by atoms with Crippen molar-refractivity contribution in [2.24, 2.45) is 17.8 Å². The highest BCUT2D eigenvalue weighted by Crippen LogP contribution is 2.65. The summed E-state index contributed by atoms with van der Waals surface area (Å²) in [6, 6.07) is 21.6. The molecular formula is C40H47N3O5. The number of ether oxygens (including phenoxy) is 1. The lowest BCUT2D eigenvalue weighted by molar-refractivity contribution is -0.150. The summed E-state index contributed by atoms with van der Waals surface area (Å²) >= 11 is 0. The van der Waals surface area contributed by atoms with Crippen molar-refractivity contribution in [3.63, 3.8) is 0 Å². The molecule has 3 amide bonds. The topological polar surface area (TPSA) is 90.4 Å². The number of aliphatic hydroxyl groups excluding tert-OH is 1. The fourth-order valence-electron chi connectivity index (χ4n) is 8.65. The van der Waals surface area contributed by atoms with Crippen LogP contribution >= 0.6 is 0 Å². The molecule has 2 unspecified atom stereocenters. The molecule has 3 saturated heterocycles. The standard InChI is InChI=1S/C40H47N3O5/c1-6-23-41(30-17-11-10-12-18-30)36(45)33-34-37(46)43(32(26-44)27(5)8-3)35(40(34)22-21-39(33,9-4)48-40)38(47)42(24-7-2)31-20-19-28-15-13-14-16-29(28)25-31/h6-7,10-20,25,27,32-35,44H,1-2,8-9,21-24,26H2,3-5H3/t27-,32-,33-,34-,35?,39+,40?/m0/s1. The zero-order valence-electron chi connectivity index (χ0n) is 28.3. The van der Waals surface area contributed by atoms with Crippen LogP contribution in [0.1, 0.15) is 46.5 Å². The van der Waals surface area contributed by atoms with E-state index in [1.54, 1.807) is 26.9 Å². The van der Waals surface area contributed by atoms with Gasteiger partial charge in [0.05, 0.1) is 30.1 Å². The van der Waals surface area contributed by atoms with Crippen LogP contribution in [0.2, 0.25) is 0 Å². The highest BCUT2D eigenvalue weighted by atomic mass is 16.5. The summed E-state index contributed by atoms with van der Waals surface area (Å²) in [7, 11) is 0. The third-order valence-electron chi connectivity index (χ3n) is 11.2. The molecule has 6 rings (SSSR count). The van der Waals surface area contributed by atoms with Crippen molar-refractivity contribution in [2.75, 3.05) is 29.5 Å². The Hall–Kier alpha value is -4.27. The number of likely N-dealkylation sites (tertiary alicyclic amines) is 1. The van der Waals surface area contributed by atoms with Crippen LogP contribution < -0.4 is 9.80 Å². The number of para-hydroxylation sites is 1. The first kappa shape index (κ1) is 33.6. The van der Waals surface area contributed by atoms with Gasteiger partial charge in [-0.1, -0.05) is 87.9 Å². The molecule has 8 nitrogen and oxygen atoms in total. The summed E-state index contributed by atoms with van der Waals surface area (Å²) in [5.41, 5.74) is -0.755. The molecule has 252 valence electrons. The van der Waals surface area contributed by atoms with Gasteiger partial charge in [-0.05, 0) is 60.2 Å². The van der Waals surface area contributed by atoms with Crippen LogP contribution in [-0.4, -0.2) is 70.7 Å². The summed E-state index contributed by atoms with van der Waals surface area (Å²) in [5, 5.41) is 12.9. The molecular weight excluding hydrogens is 602 g/mol. The summed E-state index contributed by atoms with van der Waals surface area (Å²) < 4.78 is 7.10. The summed E-state index contributed by atoms with van der Waals surface area (Å²) in [6.45, 7) is 14.0. The number of benzene rings is 3. The van der Waals surface area contributed by atoms with E-state index in [9.17, 15) is 9.90 Å². The number of nitrogens with zero attached hydrogens (tertiary/aromatic N) is 3. The van der Waals surface area contributed by atoms with Gasteiger partial charge in [-0.3, -0.25) is 14.4 Å². The molecule has 0 saturated carbocycles. The Balaban J connectivity index is 1.50. The van der Waals surface area contributed by atoms with Gasteiger partial charge in [0.2, 0.25) is 11.8 Å². The molecule has 3 heterocycles.